The van der Waals surface area contributed by atoms with Crippen molar-refractivity contribution in [1.82, 2.24) is 14.7 Å². The minimum absolute atomic E-state index is 1.12. The molecule has 2 aliphatic rings. The van der Waals surface area contributed by atoms with Gasteiger partial charge < -0.3 is 4.90 Å². The highest BCUT2D eigenvalue weighted by Gasteiger charge is 2.17. The SMILES string of the molecule is CN1CCCN(Cc2ccc3c(c2)CN(C)C3)CC1. The summed E-state index contributed by atoms with van der Waals surface area (Å²) in [5.74, 6) is 0. The Hall–Kier alpha value is -0.900. The van der Waals surface area contributed by atoms with Gasteiger partial charge in [0, 0.05) is 32.7 Å². The van der Waals surface area contributed by atoms with Gasteiger partial charge in [-0.2, -0.15) is 0 Å². The molecule has 0 atom stereocenters. The van der Waals surface area contributed by atoms with Gasteiger partial charge >= 0.3 is 0 Å². The molecule has 3 rings (SSSR count). The highest BCUT2D eigenvalue weighted by molar-refractivity contribution is 5.34. The number of nitrogens with zero attached hydrogens (tertiary/aromatic N) is 3. The second-order valence-corrected chi connectivity index (χ2v) is 6.21. The minimum atomic E-state index is 1.12. The Kier molecular flexibility index (Phi) is 3.87. The zero-order valence-corrected chi connectivity index (χ0v) is 12.2. The van der Waals surface area contributed by atoms with Crippen LogP contribution >= 0.6 is 0 Å². The van der Waals surface area contributed by atoms with Crippen molar-refractivity contribution in [2.24, 2.45) is 0 Å². The second kappa shape index (κ2) is 5.61. The highest BCUT2D eigenvalue weighted by atomic mass is 15.2. The third-order valence-corrected chi connectivity index (χ3v) is 4.37. The first-order chi connectivity index (χ1) is 9.20. The molecule has 0 bridgehead atoms. The summed E-state index contributed by atoms with van der Waals surface area (Å²) in [5, 5.41) is 0. The maximum Gasteiger partial charge on any atom is 0.0237 e. The van der Waals surface area contributed by atoms with Gasteiger partial charge in [-0.1, -0.05) is 18.2 Å². The Balaban J connectivity index is 1.65. The summed E-state index contributed by atoms with van der Waals surface area (Å²) in [6.45, 7) is 8.23. The van der Waals surface area contributed by atoms with Gasteiger partial charge in [0.25, 0.3) is 0 Å². The fourth-order valence-corrected chi connectivity index (χ4v) is 3.23. The summed E-state index contributed by atoms with van der Waals surface area (Å²) in [6.07, 6.45) is 1.30. The monoisotopic (exact) mass is 259 g/mol. The quantitative estimate of drug-likeness (QED) is 0.801. The zero-order valence-electron chi connectivity index (χ0n) is 12.2. The summed E-state index contributed by atoms with van der Waals surface area (Å²) in [5.41, 5.74) is 4.53. The van der Waals surface area contributed by atoms with Gasteiger partial charge in [-0.05, 0) is 50.3 Å². The average molecular weight is 259 g/mol. The van der Waals surface area contributed by atoms with E-state index in [4.69, 9.17) is 0 Å². The predicted octanol–water partition coefficient (Wildman–Crippen LogP) is 1.77. The van der Waals surface area contributed by atoms with Crippen LogP contribution in [-0.2, 0) is 19.6 Å². The Morgan fingerprint density at radius 3 is 2.63 bits per heavy atom. The largest absolute Gasteiger partial charge is 0.305 e. The van der Waals surface area contributed by atoms with E-state index in [-0.39, 0.29) is 0 Å². The average Bonchev–Trinajstić information content (AvgIpc) is 2.62. The van der Waals surface area contributed by atoms with Crippen molar-refractivity contribution >= 4 is 0 Å². The van der Waals surface area contributed by atoms with Crippen LogP contribution in [0.1, 0.15) is 23.1 Å². The van der Waals surface area contributed by atoms with E-state index in [0.29, 0.717) is 0 Å². The molecule has 0 amide bonds. The van der Waals surface area contributed by atoms with Gasteiger partial charge in [-0.25, -0.2) is 0 Å². The normalized spacial score (nSPS) is 22.4. The third-order valence-electron chi connectivity index (χ3n) is 4.37. The molecule has 19 heavy (non-hydrogen) atoms. The fraction of sp³-hybridized carbons (Fsp3) is 0.625. The lowest BCUT2D eigenvalue weighted by Crippen LogP contribution is -2.28. The predicted molar refractivity (Wildman–Crippen MR) is 79.0 cm³/mol. The van der Waals surface area contributed by atoms with Crippen molar-refractivity contribution in [3.05, 3.63) is 34.9 Å². The smallest absolute Gasteiger partial charge is 0.0237 e. The molecule has 3 nitrogen and oxygen atoms in total. The molecule has 2 heterocycles. The molecule has 0 radical (unpaired) electrons. The molecule has 2 aliphatic heterocycles. The van der Waals surface area contributed by atoms with Crippen LogP contribution in [0.15, 0.2) is 18.2 Å². The van der Waals surface area contributed by atoms with Crippen molar-refractivity contribution < 1.29 is 0 Å². The van der Waals surface area contributed by atoms with Crippen LogP contribution in [0.5, 0.6) is 0 Å². The Bertz CT molecular complexity index is 444. The number of hydrogen-bond donors (Lipinski definition) is 0. The molecule has 3 heteroatoms. The van der Waals surface area contributed by atoms with Crippen LogP contribution < -0.4 is 0 Å². The lowest BCUT2D eigenvalue weighted by molar-refractivity contribution is 0.269. The number of fused-ring (bicyclic) bond motifs is 1. The van der Waals surface area contributed by atoms with Gasteiger partial charge in [-0.15, -0.1) is 0 Å². The fourth-order valence-electron chi connectivity index (χ4n) is 3.23. The van der Waals surface area contributed by atoms with Crippen LogP contribution in [0.25, 0.3) is 0 Å². The maximum absolute atomic E-state index is 2.60. The first kappa shape index (κ1) is 13.1. The minimum Gasteiger partial charge on any atom is -0.305 e. The molecule has 0 unspecified atom stereocenters. The first-order valence-corrected chi connectivity index (χ1v) is 7.41. The van der Waals surface area contributed by atoms with Crippen LogP contribution in [0, 0.1) is 0 Å². The molecule has 0 spiro atoms. The molecule has 104 valence electrons. The highest BCUT2D eigenvalue weighted by Crippen LogP contribution is 2.23. The van der Waals surface area contributed by atoms with E-state index < -0.39 is 0 Å². The number of hydrogen-bond acceptors (Lipinski definition) is 3. The van der Waals surface area contributed by atoms with E-state index in [1.807, 2.05) is 0 Å². The molecule has 1 aromatic carbocycles. The van der Waals surface area contributed by atoms with E-state index >= 15 is 0 Å². The van der Waals surface area contributed by atoms with Crippen molar-refractivity contribution in [3.63, 3.8) is 0 Å². The zero-order chi connectivity index (χ0) is 13.2. The number of rotatable bonds is 2. The topological polar surface area (TPSA) is 9.72 Å². The van der Waals surface area contributed by atoms with Gasteiger partial charge in [0.05, 0.1) is 0 Å². The van der Waals surface area contributed by atoms with Crippen LogP contribution in [0.2, 0.25) is 0 Å². The van der Waals surface area contributed by atoms with Gasteiger partial charge in [0.15, 0.2) is 0 Å². The lowest BCUT2D eigenvalue weighted by Gasteiger charge is -2.20. The number of likely N-dealkylation sites (N-methyl/N-ethyl adjacent to an activating group) is 1. The van der Waals surface area contributed by atoms with Crippen molar-refractivity contribution in [2.45, 2.75) is 26.1 Å². The van der Waals surface area contributed by atoms with E-state index in [0.717, 1.165) is 19.6 Å². The second-order valence-electron chi connectivity index (χ2n) is 6.21. The number of benzene rings is 1. The maximum atomic E-state index is 2.60. The molecule has 1 saturated heterocycles. The Labute approximate surface area is 116 Å². The van der Waals surface area contributed by atoms with E-state index in [1.165, 1.54) is 49.3 Å². The van der Waals surface area contributed by atoms with Gasteiger partial charge in [0.1, 0.15) is 0 Å². The summed E-state index contributed by atoms with van der Waals surface area (Å²) in [7, 11) is 4.43. The Morgan fingerprint density at radius 2 is 1.74 bits per heavy atom. The van der Waals surface area contributed by atoms with E-state index in [2.05, 4.69) is 47.0 Å². The molecule has 1 aromatic rings. The first-order valence-electron chi connectivity index (χ1n) is 7.41. The third kappa shape index (κ3) is 3.16. The molecule has 0 saturated carbocycles. The lowest BCUT2D eigenvalue weighted by atomic mass is 10.1. The summed E-state index contributed by atoms with van der Waals surface area (Å²) >= 11 is 0. The Morgan fingerprint density at radius 1 is 0.895 bits per heavy atom. The molecule has 0 aromatic heterocycles. The summed E-state index contributed by atoms with van der Waals surface area (Å²) in [4.78, 5) is 7.43. The summed E-state index contributed by atoms with van der Waals surface area (Å²) in [6, 6.07) is 7.08. The van der Waals surface area contributed by atoms with Crippen molar-refractivity contribution in [3.8, 4) is 0 Å². The van der Waals surface area contributed by atoms with Crippen LogP contribution in [0.4, 0.5) is 0 Å². The molecular formula is C16H25N3. The summed E-state index contributed by atoms with van der Waals surface area (Å²) < 4.78 is 0. The van der Waals surface area contributed by atoms with Crippen molar-refractivity contribution in [1.29, 1.82) is 0 Å². The van der Waals surface area contributed by atoms with Crippen LogP contribution in [0.3, 0.4) is 0 Å². The van der Waals surface area contributed by atoms with E-state index in [1.54, 1.807) is 0 Å². The van der Waals surface area contributed by atoms with E-state index in [9.17, 15) is 0 Å². The van der Waals surface area contributed by atoms with Gasteiger partial charge in [0.2, 0.25) is 0 Å². The molecular weight excluding hydrogens is 234 g/mol. The molecule has 0 N–H and O–H groups in total. The van der Waals surface area contributed by atoms with Crippen molar-refractivity contribution in [2.75, 3.05) is 40.3 Å². The molecule has 0 aliphatic carbocycles. The standard InChI is InChI=1S/C16H25N3/c1-17-6-3-7-19(9-8-17)11-14-4-5-15-12-18(2)13-16(15)10-14/h4-5,10H,3,6-9,11-13H2,1-2H3. The molecule has 1 fully saturated rings. The van der Waals surface area contributed by atoms with Gasteiger partial charge in [-0.3, -0.25) is 9.80 Å². The van der Waals surface area contributed by atoms with Crippen LogP contribution in [-0.4, -0.2) is 55.0 Å².